The predicted molar refractivity (Wildman–Crippen MR) is 50.4 cm³/mol. The summed E-state index contributed by atoms with van der Waals surface area (Å²) in [6.07, 6.45) is 3.93. The molecule has 0 radical (unpaired) electrons. The van der Waals surface area contributed by atoms with Crippen LogP contribution in [0.3, 0.4) is 0 Å². The topological polar surface area (TPSA) is 52.6 Å². The number of carbonyl (C=O) groups is 1. The maximum Gasteiger partial charge on any atom is 0.309 e. The molecule has 2 heterocycles. The van der Waals surface area contributed by atoms with Gasteiger partial charge in [0.25, 0.3) is 0 Å². The van der Waals surface area contributed by atoms with Crippen molar-refractivity contribution in [3.05, 3.63) is 23.0 Å². The Balaban J connectivity index is 2.04. The molecule has 4 nitrogen and oxygen atoms in total. The lowest BCUT2D eigenvalue weighted by molar-refractivity contribution is -0.136. The van der Waals surface area contributed by atoms with E-state index in [1.807, 2.05) is 24.2 Å². The summed E-state index contributed by atoms with van der Waals surface area (Å²) in [7, 11) is 0. The number of nitrogens with one attached hydrogen (secondary N) is 1. The van der Waals surface area contributed by atoms with Crippen LogP contribution in [0.4, 0.5) is 0 Å². The minimum absolute atomic E-state index is 0.0699. The average molecular weight is 198 g/mol. The van der Waals surface area contributed by atoms with Gasteiger partial charge in [-0.15, -0.1) is 0 Å². The summed E-state index contributed by atoms with van der Waals surface area (Å²) in [4.78, 5) is 13.7. The summed E-state index contributed by atoms with van der Waals surface area (Å²) in [6.45, 7) is 2.04. The Morgan fingerprint density at radius 3 is 3.15 bits per heavy atom. The Morgan fingerprint density at radius 2 is 2.54 bits per heavy atom. The fourth-order valence-electron chi connectivity index (χ4n) is 1.39. The minimum Gasteiger partial charge on any atom is -0.481 e. The van der Waals surface area contributed by atoms with Crippen LogP contribution in [0.2, 0.25) is 0 Å². The molecular weight excluding hydrogens is 188 g/mol. The van der Waals surface area contributed by atoms with Crippen LogP contribution < -0.4 is 5.32 Å². The molecule has 0 spiro atoms. The molecule has 0 bridgehead atoms. The third-order valence-electron chi connectivity index (χ3n) is 1.85. The third kappa shape index (κ3) is 1.65. The first-order valence-electron chi connectivity index (χ1n) is 3.97. The molecule has 2 aliphatic rings. The van der Waals surface area contributed by atoms with E-state index >= 15 is 0 Å². The Bertz CT molecular complexity index is 311. The SMILES string of the molecule is CC1=CN2C=C(CC(=O)O)NC2S1. The van der Waals surface area contributed by atoms with Crippen molar-refractivity contribution in [2.75, 3.05) is 0 Å². The van der Waals surface area contributed by atoms with Crippen LogP contribution in [-0.4, -0.2) is 21.5 Å². The van der Waals surface area contributed by atoms with E-state index in [-0.39, 0.29) is 11.9 Å². The molecule has 2 N–H and O–H groups in total. The van der Waals surface area contributed by atoms with Gasteiger partial charge in [-0.05, 0) is 6.92 Å². The van der Waals surface area contributed by atoms with Crippen molar-refractivity contribution in [3.8, 4) is 0 Å². The van der Waals surface area contributed by atoms with Gasteiger partial charge < -0.3 is 15.3 Å². The molecule has 0 amide bonds. The van der Waals surface area contributed by atoms with Crippen molar-refractivity contribution in [1.29, 1.82) is 0 Å². The molecule has 0 saturated heterocycles. The Hall–Kier alpha value is -1.10. The van der Waals surface area contributed by atoms with Gasteiger partial charge in [-0.1, -0.05) is 11.8 Å². The number of nitrogens with zero attached hydrogens (tertiary/aromatic N) is 1. The lowest BCUT2D eigenvalue weighted by Crippen LogP contribution is -2.26. The van der Waals surface area contributed by atoms with Crippen molar-refractivity contribution >= 4 is 17.7 Å². The second-order valence-corrected chi connectivity index (χ2v) is 4.35. The zero-order valence-corrected chi connectivity index (χ0v) is 7.97. The number of aliphatic carboxylic acids is 1. The second kappa shape index (κ2) is 2.99. The zero-order valence-electron chi connectivity index (χ0n) is 7.15. The molecule has 70 valence electrons. The molecule has 2 aliphatic heterocycles. The lowest BCUT2D eigenvalue weighted by atomic mass is 10.3. The van der Waals surface area contributed by atoms with E-state index in [0.29, 0.717) is 0 Å². The molecule has 5 heteroatoms. The van der Waals surface area contributed by atoms with E-state index in [1.54, 1.807) is 11.8 Å². The normalized spacial score (nSPS) is 25.0. The Kier molecular flexibility index (Phi) is 1.95. The summed E-state index contributed by atoms with van der Waals surface area (Å²) < 4.78 is 0. The predicted octanol–water partition coefficient (Wildman–Crippen LogP) is 1.10. The third-order valence-corrected chi connectivity index (χ3v) is 2.92. The number of allylic oxidation sites excluding steroid dienone is 1. The van der Waals surface area contributed by atoms with Crippen LogP contribution in [0, 0.1) is 0 Å². The summed E-state index contributed by atoms with van der Waals surface area (Å²) in [5.41, 5.74) is 0.947. The number of carboxylic acid groups (broad SMARTS) is 1. The Morgan fingerprint density at radius 1 is 1.77 bits per heavy atom. The van der Waals surface area contributed by atoms with Crippen LogP contribution in [0.1, 0.15) is 13.3 Å². The van der Waals surface area contributed by atoms with Crippen molar-refractivity contribution in [2.24, 2.45) is 0 Å². The molecule has 2 rings (SSSR count). The van der Waals surface area contributed by atoms with Gasteiger partial charge >= 0.3 is 5.97 Å². The number of fused-ring (bicyclic) bond motifs is 1. The highest BCUT2D eigenvalue weighted by Crippen LogP contribution is 2.34. The van der Waals surface area contributed by atoms with E-state index in [0.717, 1.165) is 5.70 Å². The molecule has 0 aromatic rings. The van der Waals surface area contributed by atoms with Gasteiger partial charge in [0.15, 0.2) is 5.50 Å². The molecular formula is C8H10N2O2S. The van der Waals surface area contributed by atoms with Crippen LogP contribution in [0.5, 0.6) is 0 Å². The van der Waals surface area contributed by atoms with Crippen molar-refractivity contribution in [1.82, 2.24) is 10.2 Å². The largest absolute Gasteiger partial charge is 0.481 e. The van der Waals surface area contributed by atoms with Gasteiger partial charge in [0.2, 0.25) is 0 Å². The van der Waals surface area contributed by atoms with Crippen LogP contribution >= 0.6 is 11.8 Å². The maximum absolute atomic E-state index is 10.4. The highest BCUT2D eigenvalue weighted by molar-refractivity contribution is 8.03. The van der Waals surface area contributed by atoms with Crippen molar-refractivity contribution in [3.63, 3.8) is 0 Å². The smallest absolute Gasteiger partial charge is 0.309 e. The first kappa shape index (κ1) is 8.50. The van der Waals surface area contributed by atoms with Crippen molar-refractivity contribution in [2.45, 2.75) is 18.8 Å². The van der Waals surface area contributed by atoms with E-state index in [4.69, 9.17) is 5.11 Å². The quantitative estimate of drug-likeness (QED) is 0.696. The minimum atomic E-state index is -0.800. The maximum atomic E-state index is 10.4. The molecule has 0 aliphatic carbocycles. The molecule has 0 aromatic heterocycles. The first-order chi connectivity index (χ1) is 6.15. The summed E-state index contributed by atoms with van der Waals surface area (Å²) in [6, 6.07) is 0. The molecule has 1 atom stereocenters. The van der Waals surface area contributed by atoms with E-state index < -0.39 is 5.97 Å². The van der Waals surface area contributed by atoms with E-state index in [9.17, 15) is 4.79 Å². The fourth-order valence-corrected chi connectivity index (χ4v) is 2.38. The zero-order chi connectivity index (χ0) is 9.42. The van der Waals surface area contributed by atoms with Gasteiger partial charge in [-0.3, -0.25) is 4.79 Å². The number of hydrogen-bond donors (Lipinski definition) is 2. The highest BCUT2D eigenvalue weighted by atomic mass is 32.2. The fraction of sp³-hybridized carbons (Fsp3) is 0.375. The van der Waals surface area contributed by atoms with E-state index in [2.05, 4.69) is 5.32 Å². The summed E-state index contributed by atoms with van der Waals surface area (Å²) in [5, 5.41) is 11.7. The molecule has 0 saturated carbocycles. The second-order valence-electron chi connectivity index (χ2n) is 3.03. The van der Waals surface area contributed by atoms with Gasteiger partial charge in [-0.25, -0.2) is 0 Å². The van der Waals surface area contributed by atoms with Crippen molar-refractivity contribution < 1.29 is 9.90 Å². The molecule has 0 fully saturated rings. The molecule has 13 heavy (non-hydrogen) atoms. The number of thioether (sulfide) groups is 1. The summed E-state index contributed by atoms with van der Waals surface area (Å²) >= 11 is 1.70. The standard InChI is InChI=1S/C8H10N2O2S/c1-5-3-10-4-6(2-7(11)12)9-8(10)13-5/h3-4,8-9H,2H2,1H3,(H,11,12). The average Bonchev–Trinajstić information content (AvgIpc) is 2.41. The van der Waals surface area contributed by atoms with E-state index in [1.165, 1.54) is 4.91 Å². The molecule has 1 unspecified atom stereocenters. The van der Waals surface area contributed by atoms with Crippen LogP contribution in [0.15, 0.2) is 23.0 Å². The van der Waals surface area contributed by atoms with Gasteiger partial charge in [0.05, 0.1) is 6.42 Å². The Labute approximate surface area is 80.3 Å². The number of carboxylic acids is 1. The number of rotatable bonds is 2. The first-order valence-corrected chi connectivity index (χ1v) is 4.84. The monoisotopic (exact) mass is 198 g/mol. The highest BCUT2D eigenvalue weighted by Gasteiger charge is 2.28. The van der Waals surface area contributed by atoms with Gasteiger partial charge in [0.1, 0.15) is 0 Å². The van der Waals surface area contributed by atoms with Gasteiger partial charge in [0, 0.05) is 23.0 Å². The molecule has 0 aromatic carbocycles. The van der Waals surface area contributed by atoms with Crippen LogP contribution in [-0.2, 0) is 4.79 Å². The summed E-state index contributed by atoms with van der Waals surface area (Å²) in [5.74, 6) is -0.800. The lowest BCUT2D eigenvalue weighted by Gasteiger charge is -2.13. The van der Waals surface area contributed by atoms with Gasteiger partial charge in [-0.2, -0.15) is 0 Å². The number of hydrogen-bond acceptors (Lipinski definition) is 4. The van der Waals surface area contributed by atoms with Crippen LogP contribution in [0.25, 0.3) is 0 Å².